The number of benzene rings is 2. The van der Waals surface area contributed by atoms with Crippen LogP contribution in [-0.2, 0) is 13.0 Å². The number of aromatic nitrogens is 2. The lowest BCUT2D eigenvalue weighted by Gasteiger charge is -2.12. The van der Waals surface area contributed by atoms with Crippen molar-refractivity contribution in [3.8, 4) is 5.75 Å². The van der Waals surface area contributed by atoms with Crippen molar-refractivity contribution in [2.45, 2.75) is 13.0 Å². The summed E-state index contributed by atoms with van der Waals surface area (Å²) < 4.78 is 5.33. The Morgan fingerprint density at radius 3 is 2.54 bits per heavy atom. The lowest BCUT2D eigenvalue weighted by molar-refractivity contribution is 0.274. The molecular weight excluding hydrogens is 306 g/mol. The molecule has 0 atom stereocenters. The third kappa shape index (κ3) is 3.29. The molecule has 0 fully saturated rings. The molecule has 0 spiro atoms. The van der Waals surface area contributed by atoms with E-state index in [1.165, 1.54) is 6.33 Å². The summed E-state index contributed by atoms with van der Waals surface area (Å²) in [7, 11) is 1.57. The van der Waals surface area contributed by atoms with Crippen LogP contribution in [0.25, 0.3) is 10.9 Å². The third-order valence-electron chi connectivity index (χ3n) is 3.83. The van der Waals surface area contributed by atoms with E-state index in [4.69, 9.17) is 9.84 Å². The Balaban J connectivity index is 1.96. The fraction of sp³-hybridized carbons (Fsp3) is 0.222. The van der Waals surface area contributed by atoms with Crippen LogP contribution in [0.2, 0.25) is 0 Å². The summed E-state index contributed by atoms with van der Waals surface area (Å²) in [6.07, 6.45) is 2.12. The van der Waals surface area contributed by atoms with Crippen LogP contribution in [0.1, 0.15) is 11.1 Å². The normalized spacial score (nSPS) is 10.8. The second-order valence-electron chi connectivity index (χ2n) is 5.36. The van der Waals surface area contributed by atoms with E-state index < -0.39 is 0 Å². The zero-order chi connectivity index (χ0) is 16.9. The summed E-state index contributed by atoms with van der Waals surface area (Å²) in [4.78, 5) is 8.57. The summed E-state index contributed by atoms with van der Waals surface area (Å²) >= 11 is 0. The van der Waals surface area contributed by atoms with Gasteiger partial charge >= 0.3 is 0 Å². The molecule has 0 aliphatic heterocycles. The molecule has 24 heavy (non-hydrogen) atoms. The van der Waals surface area contributed by atoms with Gasteiger partial charge in [0.1, 0.15) is 17.9 Å². The highest BCUT2D eigenvalue weighted by Gasteiger charge is 2.10. The second-order valence-corrected chi connectivity index (χ2v) is 5.36. The van der Waals surface area contributed by atoms with Crippen LogP contribution in [0.4, 0.5) is 11.5 Å². The predicted molar refractivity (Wildman–Crippen MR) is 92.5 cm³/mol. The summed E-state index contributed by atoms with van der Waals surface area (Å²) in [6, 6.07) is 11.4. The number of aliphatic hydroxyl groups is 2. The topological polar surface area (TPSA) is 87.5 Å². The molecule has 0 bridgehead atoms. The second kappa shape index (κ2) is 7.25. The monoisotopic (exact) mass is 325 g/mol. The molecule has 6 heteroatoms. The smallest absolute Gasteiger partial charge is 0.141 e. The Morgan fingerprint density at radius 2 is 1.88 bits per heavy atom. The molecule has 124 valence electrons. The lowest BCUT2D eigenvalue weighted by Crippen LogP contribution is -1.99. The Bertz CT molecular complexity index is 835. The first kappa shape index (κ1) is 16.2. The summed E-state index contributed by atoms with van der Waals surface area (Å²) in [6.45, 7) is 0.0223. The van der Waals surface area contributed by atoms with E-state index in [1.54, 1.807) is 13.2 Å². The van der Waals surface area contributed by atoms with Crippen LogP contribution in [0, 0.1) is 0 Å². The summed E-state index contributed by atoms with van der Waals surface area (Å²) in [5, 5.41) is 22.5. The molecule has 6 nitrogen and oxygen atoms in total. The number of hydrogen-bond acceptors (Lipinski definition) is 6. The largest absolute Gasteiger partial charge is 0.496 e. The number of anilines is 2. The van der Waals surface area contributed by atoms with Crippen molar-refractivity contribution in [3.63, 3.8) is 0 Å². The van der Waals surface area contributed by atoms with Gasteiger partial charge in [-0.05, 0) is 36.2 Å². The quantitative estimate of drug-likeness (QED) is 0.645. The van der Waals surface area contributed by atoms with Crippen molar-refractivity contribution >= 4 is 22.4 Å². The molecule has 0 radical (unpaired) electrons. The van der Waals surface area contributed by atoms with Gasteiger partial charge in [-0.25, -0.2) is 9.97 Å². The van der Waals surface area contributed by atoms with Crippen LogP contribution in [0.5, 0.6) is 5.75 Å². The summed E-state index contributed by atoms with van der Waals surface area (Å²) in [5.74, 6) is 1.26. The highest BCUT2D eigenvalue weighted by atomic mass is 16.5. The van der Waals surface area contributed by atoms with E-state index >= 15 is 0 Å². The van der Waals surface area contributed by atoms with Gasteiger partial charge in [-0.15, -0.1) is 0 Å². The number of nitrogens with zero attached hydrogens (tertiary/aromatic N) is 2. The van der Waals surface area contributed by atoms with E-state index in [0.717, 1.165) is 22.2 Å². The minimum absolute atomic E-state index is 0.113. The number of rotatable bonds is 6. The Kier molecular flexibility index (Phi) is 4.88. The van der Waals surface area contributed by atoms with E-state index in [9.17, 15) is 5.11 Å². The first-order valence-corrected chi connectivity index (χ1v) is 7.64. The molecule has 2 aromatic carbocycles. The molecule has 1 heterocycles. The molecule has 1 aromatic heterocycles. The molecule has 3 aromatic rings. The van der Waals surface area contributed by atoms with E-state index in [2.05, 4.69) is 15.3 Å². The van der Waals surface area contributed by atoms with Gasteiger partial charge in [-0.1, -0.05) is 12.1 Å². The van der Waals surface area contributed by atoms with Crippen LogP contribution < -0.4 is 10.1 Å². The van der Waals surface area contributed by atoms with Gasteiger partial charge in [-0.3, -0.25) is 0 Å². The maximum absolute atomic E-state index is 9.43. The highest BCUT2D eigenvalue weighted by Crippen LogP contribution is 2.30. The summed E-state index contributed by atoms with van der Waals surface area (Å²) in [5.41, 5.74) is 3.38. The number of hydrogen-bond donors (Lipinski definition) is 3. The van der Waals surface area contributed by atoms with Gasteiger partial charge < -0.3 is 20.3 Å². The van der Waals surface area contributed by atoms with Crippen molar-refractivity contribution in [2.24, 2.45) is 0 Å². The van der Waals surface area contributed by atoms with Gasteiger partial charge in [0.25, 0.3) is 0 Å². The molecule has 0 aliphatic rings. The van der Waals surface area contributed by atoms with Crippen molar-refractivity contribution in [3.05, 3.63) is 53.9 Å². The van der Waals surface area contributed by atoms with Gasteiger partial charge in [0.15, 0.2) is 0 Å². The predicted octanol–water partition coefficient (Wildman–Crippen LogP) is 2.41. The first-order chi connectivity index (χ1) is 11.7. The number of ether oxygens (including phenoxy) is 1. The van der Waals surface area contributed by atoms with Crippen LogP contribution >= 0.6 is 0 Å². The molecule has 0 saturated carbocycles. The fourth-order valence-electron chi connectivity index (χ4n) is 2.56. The minimum Gasteiger partial charge on any atom is -0.496 e. The minimum atomic E-state index is -0.113. The lowest BCUT2D eigenvalue weighted by atomic mass is 10.1. The average Bonchev–Trinajstić information content (AvgIpc) is 2.62. The maximum atomic E-state index is 9.43. The van der Waals surface area contributed by atoms with Crippen molar-refractivity contribution in [1.29, 1.82) is 0 Å². The first-order valence-electron chi connectivity index (χ1n) is 7.64. The third-order valence-corrected chi connectivity index (χ3v) is 3.83. The highest BCUT2D eigenvalue weighted by molar-refractivity contribution is 5.92. The Hall–Kier alpha value is -2.70. The van der Waals surface area contributed by atoms with Crippen molar-refractivity contribution in [2.75, 3.05) is 19.0 Å². The van der Waals surface area contributed by atoms with E-state index in [1.807, 2.05) is 30.3 Å². The van der Waals surface area contributed by atoms with Crippen molar-refractivity contribution < 1.29 is 14.9 Å². The maximum Gasteiger partial charge on any atom is 0.141 e. The zero-order valence-electron chi connectivity index (χ0n) is 13.4. The number of aliphatic hydroxyl groups excluding tert-OH is 2. The number of methoxy groups -OCH3 is 1. The van der Waals surface area contributed by atoms with E-state index in [-0.39, 0.29) is 13.2 Å². The van der Waals surface area contributed by atoms with Crippen LogP contribution in [0.3, 0.4) is 0 Å². The SMILES string of the molecule is COc1cc2c(Nc3ccc(CCO)cc3)ncnc2cc1CO. The number of nitrogens with one attached hydrogen (secondary N) is 1. The molecule has 0 saturated heterocycles. The average molecular weight is 325 g/mol. The van der Waals surface area contributed by atoms with Gasteiger partial charge in [0.2, 0.25) is 0 Å². The molecule has 0 aliphatic carbocycles. The van der Waals surface area contributed by atoms with Crippen LogP contribution in [0.15, 0.2) is 42.7 Å². The van der Waals surface area contributed by atoms with E-state index in [0.29, 0.717) is 23.6 Å². The molecular formula is C18H19N3O3. The van der Waals surface area contributed by atoms with Crippen LogP contribution in [-0.4, -0.2) is 33.9 Å². The van der Waals surface area contributed by atoms with Gasteiger partial charge in [-0.2, -0.15) is 0 Å². The standard InChI is InChI=1S/C18H19N3O3/c1-24-17-9-15-16(8-13(17)10-23)19-11-20-18(15)21-14-4-2-12(3-5-14)6-7-22/h2-5,8-9,11,22-23H,6-7,10H2,1H3,(H,19,20,21). The number of fused-ring (bicyclic) bond motifs is 1. The zero-order valence-corrected chi connectivity index (χ0v) is 13.4. The van der Waals surface area contributed by atoms with Gasteiger partial charge in [0.05, 0.1) is 19.2 Å². The Morgan fingerprint density at radius 1 is 1.08 bits per heavy atom. The molecule has 3 N–H and O–H groups in total. The van der Waals surface area contributed by atoms with Crippen molar-refractivity contribution in [1.82, 2.24) is 9.97 Å². The Labute approximate surface area is 139 Å². The molecule has 3 rings (SSSR count). The molecule has 0 unspecified atom stereocenters. The molecule has 0 amide bonds. The fourth-order valence-corrected chi connectivity index (χ4v) is 2.56. The van der Waals surface area contributed by atoms with Gasteiger partial charge in [0, 0.05) is 23.2 Å².